The average Bonchev–Trinajstić information content (AvgIpc) is 2.71. The second kappa shape index (κ2) is 5.56. The Morgan fingerprint density at radius 2 is 1.86 bits per heavy atom. The normalized spacial score (nSPS) is 9.21. The SMILES string of the molecule is COc1ccc(-c2cccs2)cc1.[H-].[Na+]. The van der Waals surface area contributed by atoms with Crippen LogP contribution in [-0.2, 0) is 0 Å². The van der Waals surface area contributed by atoms with Crippen molar-refractivity contribution < 1.29 is 35.7 Å². The minimum absolute atomic E-state index is 0. The van der Waals surface area contributed by atoms with Crippen molar-refractivity contribution in [2.75, 3.05) is 7.11 Å². The summed E-state index contributed by atoms with van der Waals surface area (Å²) in [4.78, 5) is 1.29. The van der Waals surface area contributed by atoms with Crippen LogP contribution in [0, 0.1) is 0 Å². The van der Waals surface area contributed by atoms with Crippen LogP contribution in [0.3, 0.4) is 0 Å². The molecule has 0 aliphatic carbocycles. The summed E-state index contributed by atoms with van der Waals surface area (Å²) >= 11 is 1.75. The predicted molar refractivity (Wildman–Crippen MR) is 57.4 cm³/mol. The van der Waals surface area contributed by atoms with E-state index in [4.69, 9.17) is 4.74 Å². The number of ether oxygens (including phenoxy) is 1. The van der Waals surface area contributed by atoms with Crippen LogP contribution in [-0.4, -0.2) is 7.11 Å². The van der Waals surface area contributed by atoms with E-state index in [9.17, 15) is 0 Å². The molecular weight excluding hydrogens is 203 g/mol. The van der Waals surface area contributed by atoms with Crippen molar-refractivity contribution in [1.82, 2.24) is 0 Å². The Hall–Kier alpha value is -0.280. The summed E-state index contributed by atoms with van der Waals surface area (Å²) < 4.78 is 5.09. The van der Waals surface area contributed by atoms with Crippen molar-refractivity contribution >= 4 is 11.3 Å². The molecule has 2 aromatic rings. The molecule has 68 valence electrons. The summed E-state index contributed by atoms with van der Waals surface area (Å²) in [6, 6.07) is 12.3. The molecule has 0 radical (unpaired) electrons. The van der Waals surface area contributed by atoms with Gasteiger partial charge in [0, 0.05) is 4.88 Å². The predicted octanol–water partition coefficient (Wildman–Crippen LogP) is 0.540. The number of hydrogen-bond acceptors (Lipinski definition) is 2. The third kappa shape index (κ3) is 2.61. The molecule has 0 unspecified atom stereocenters. The first-order valence-corrected chi connectivity index (χ1v) is 4.96. The van der Waals surface area contributed by atoms with E-state index in [0.29, 0.717) is 0 Å². The third-order valence-corrected chi connectivity index (χ3v) is 2.81. The number of rotatable bonds is 2. The van der Waals surface area contributed by atoms with Gasteiger partial charge in [-0.15, -0.1) is 11.3 Å². The van der Waals surface area contributed by atoms with E-state index in [-0.39, 0.29) is 31.0 Å². The van der Waals surface area contributed by atoms with Crippen LogP contribution in [0.2, 0.25) is 0 Å². The molecule has 0 N–H and O–H groups in total. The second-order valence-corrected chi connectivity index (χ2v) is 3.65. The first kappa shape index (κ1) is 11.8. The molecule has 0 aliphatic rings. The molecule has 3 heteroatoms. The van der Waals surface area contributed by atoms with Crippen molar-refractivity contribution in [2.45, 2.75) is 0 Å². The zero-order valence-electron chi connectivity index (χ0n) is 9.36. The van der Waals surface area contributed by atoms with E-state index in [1.165, 1.54) is 10.4 Å². The summed E-state index contributed by atoms with van der Waals surface area (Å²) in [7, 11) is 1.68. The van der Waals surface area contributed by atoms with Gasteiger partial charge in [0.05, 0.1) is 7.11 Å². The van der Waals surface area contributed by atoms with Crippen molar-refractivity contribution in [1.29, 1.82) is 0 Å². The van der Waals surface area contributed by atoms with Crippen LogP contribution in [0.4, 0.5) is 0 Å². The fraction of sp³-hybridized carbons (Fsp3) is 0.0909. The summed E-state index contributed by atoms with van der Waals surface area (Å²) in [6.45, 7) is 0. The molecule has 0 amide bonds. The zero-order chi connectivity index (χ0) is 9.10. The Kier molecular flexibility index (Phi) is 4.69. The maximum absolute atomic E-state index is 5.09. The van der Waals surface area contributed by atoms with Crippen molar-refractivity contribution in [3.05, 3.63) is 41.8 Å². The molecule has 1 nitrogen and oxygen atoms in total. The molecule has 0 saturated carbocycles. The monoisotopic (exact) mass is 214 g/mol. The topological polar surface area (TPSA) is 9.23 Å². The Morgan fingerprint density at radius 3 is 2.36 bits per heavy atom. The first-order chi connectivity index (χ1) is 6.40. The number of hydrogen-bond donors (Lipinski definition) is 0. The quantitative estimate of drug-likeness (QED) is 0.663. The summed E-state index contributed by atoms with van der Waals surface area (Å²) in [5.74, 6) is 0.903. The summed E-state index contributed by atoms with van der Waals surface area (Å²) in [6.07, 6.45) is 0. The molecular formula is C11H11NaOS. The van der Waals surface area contributed by atoms with Crippen LogP contribution in [0.25, 0.3) is 10.4 Å². The molecule has 0 atom stereocenters. The Morgan fingerprint density at radius 1 is 1.14 bits per heavy atom. The average molecular weight is 214 g/mol. The maximum atomic E-state index is 5.09. The fourth-order valence-electron chi connectivity index (χ4n) is 1.20. The number of methoxy groups -OCH3 is 1. The van der Waals surface area contributed by atoms with E-state index < -0.39 is 0 Å². The number of thiophene rings is 1. The molecule has 0 spiro atoms. The smallest absolute Gasteiger partial charge is 1.00 e. The van der Waals surface area contributed by atoms with E-state index >= 15 is 0 Å². The molecule has 0 bridgehead atoms. The molecule has 1 aromatic heterocycles. The maximum Gasteiger partial charge on any atom is 1.00 e. The first-order valence-electron chi connectivity index (χ1n) is 4.08. The molecule has 14 heavy (non-hydrogen) atoms. The Bertz CT molecular complexity index is 372. The van der Waals surface area contributed by atoms with Gasteiger partial charge in [-0.2, -0.15) is 0 Å². The molecule has 2 rings (SSSR count). The second-order valence-electron chi connectivity index (χ2n) is 2.71. The van der Waals surface area contributed by atoms with E-state index in [1.54, 1.807) is 18.4 Å². The molecule has 1 heterocycles. The largest absolute Gasteiger partial charge is 1.00 e. The van der Waals surface area contributed by atoms with Gasteiger partial charge >= 0.3 is 29.6 Å². The van der Waals surface area contributed by atoms with E-state index in [1.807, 2.05) is 12.1 Å². The van der Waals surface area contributed by atoms with Crippen molar-refractivity contribution in [3.8, 4) is 16.2 Å². The van der Waals surface area contributed by atoms with Crippen LogP contribution < -0.4 is 34.3 Å². The standard InChI is InChI=1S/C11H10OS.Na.H/c1-12-10-6-4-9(5-7-10)11-3-2-8-13-11;;/h2-8H,1H3;;/q;+1;-1. The summed E-state index contributed by atoms with van der Waals surface area (Å²) in [5, 5.41) is 2.08. The van der Waals surface area contributed by atoms with Crippen LogP contribution >= 0.6 is 11.3 Å². The zero-order valence-corrected chi connectivity index (χ0v) is 11.2. The molecule has 0 saturated heterocycles. The van der Waals surface area contributed by atoms with E-state index in [0.717, 1.165) is 5.75 Å². The minimum Gasteiger partial charge on any atom is -1.00 e. The van der Waals surface area contributed by atoms with Crippen LogP contribution in [0.1, 0.15) is 1.43 Å². The Balaban J connectivity index is 0.000000980. The van der Waals surface area contributed by atoms with Gasteiger partial charge in [-0.1, -0.05) is 6.07 Å². The molecule has 1 aromatic carbocycles. The number of benzene rings is 1. The van der Waals surface area contributed by atoms with Gasteiger partial charge in [0.2, 0.25) is 0 Å². The van der Waals surface area contributed by atoms with Crippen LogP contribution in [0.5, 0.6) is 5.75 Å². The van der Waals surface area contributed by atoms with Crippen molar-refractivity contribution in [3.63, 3.8) is 0 Å². The molecule has 0 fully saturated rings. The van der Waals surface area contributed by atoms with Gasteiger partial charge in [-0.3, -0.25) is 0 Å². The van der Waals surface area contributed by atoms with Gasteiger partial charge < -0.3 is 6.16 Å². The minimum atomic E-state index is 0. The third-order valence-electron chi connectivity index (χ3n) is 1.90. The van der Waals surface area contributed by atoms with Gasteiger partial charge in [-0.25, -0.2) is 0 Å². The van der Waals surface area contributed by atoms with Gasteiger partial charge in [0.15, 0.2) is 0 Å². The van der Waals surface area contributed by atoms with Gasteiger partial charge in [0.25, 0.3) is 0 Å². The van der Waals surface area contributed by atoms with Crippen molar-refractivity contribution in [2.24, 2.45) is 0 Å². The van der Waals surface area contributed by atoms with E-state index in [2.05, 4.69) is 29.6 Å². The fourth-order valence-corrected chi connectivity index (χ4v) is 1.93. The van der Waals surface area contributed by atoms with Gasteiger partial charge in [0.1, 0.15) is 5.75 Å². The Labute approximate surface area is 112 Å². The van der Waals surface area contributed by atoms with Crippen LogP contribution in [0.15, 0.2) is 41.8 Å². The van der Waals surface area contributed by atoms with Gasteiger partial charge in [-0.05, 0) is 41.3 Å². The molecule has 0 aliphatic heterocycles. The summed E-state index contributed by atoms with van der Waals surface area (Å²) in [5.41, 5.74) is 1.25.